The zero-order chi connectivity index (χ0) is 11.4. The van der Waals surface area contributed by atoms with Gasteiger partial charge in [0.2, 0.25) is 5.95 Å². The highest BCUT2D eigenvalue weighted by Crippen LogP contribution is 2.18. The van der Waals surface area contributed by atoms with Crippen LogP contribution in [0.25, 0.3) is 0 Å². The maximum atomic E-state index is 5.73. The Hall–Kier alpha value is -2.10. The number of benzene rings is 1. The van der Waals surface area contributed by atoms with Gasteiger partial charge in [0.15, 0.2) is 0 Å². The molecule has 1 unspecified atom stereocenters. The molecule has 0 fully saturated rings. The second kappa shape index (κ2) is 4.61. The van der Waals surface area contributed by atoms with Gasteiger partial charge in [-0.2, -0.15) is 0 Å². The van der Waals surface area contributed by atoms with E-state index in [1.54, 1.807) is 18.5 Å². The number of aromatic nitrogens is 2. The third-order valence-electron chi connectivity index (χ3n) is 2.32. The highest BCUT2D eigenvalue weighted by molar-refractivity contribution is 5.43. The van der Waals surface area contributed by atoms with Gasteiger partial charge in [-0.3, -0.25) is 0 Å². The summed E-state index contributed by atoms with van der Waals surface area (Å²) in [5.74, 6) is 0.623. The molecule has 2 rings (SSSR count). The van der Waals surface area contributed by atoms with E-state index in [1.807, 2.05) is 31.2 Å². The summed E-state index contributed by atoms with van der Waals surface area (Å²) in [5, 5.41) is 3.21. The van der Waals surface area contributed by atoms with E-state index in [-0.39, 0.29) is 6.04 Å². The van der Waals surface area contributed by atoms with Crippen molar-refractivity contribution in [1.82, 2.24) is 9.97 Å². The van der Waals surface area contributed by atoms with Gasteiger partial charge in [0.05, 0.1) is 6.04 Å². The van der Waals surface area contributed by atoms with Gasteiger partial charge < -0.3 is 11.1 Å². The lowest BCUT2D eigenvalue weighted by molar-refractivity contribution is 0.861. The maximum Gasteiger partial charge on any atom is 0.223 e. The summed E-state index contributed by atoms with van der Waals surface area (Å²) in [6.07, 6.45) is 3.42. The molecule has 0 amide bonds. The van der Waals surface area contributed by atoms with E-state index in [4.69, 9.17) is 5.73 Å². The zero-order valence-electron chi connectivity index (χ0n) is 9.09. The second-order valence-electron chi connectivity index (χ2n) is 3.61. The molecule has 0 saturated carbocycles. The Bertz CT molecular complexity index is 456. The highest BCUT2D eigenvalue weighted by Gasteiger charge is 2.06. The quantitative estimate of drug-likeness (QED) is 0.769. The minimum atomic E-state index is 0.130. The van der Waals surface area contributed by atoms with Crippen molar-refractivity contribution in [3.05, 3.63) is 48.3 Å². The normalized spacial score (nSPS) is 12.1. The first-order valence-electron chi connectivity index (χ1n) is 5.15. The Morgan fingerprint density at radius 3 is 2.62 bits per heavy atom. The van der Waals surface area contributed by atoms with Gasteiger partial charge in [0.25, 0.3) is 0 Å². The maximum absolute atomic E-state index is 5.73. The van der Waals surface area contributed by atoms with Crippen LogP contribution >= 0.6 is 0 Å². The third kappa shape index (κ3) is 2.48. The Balaban J connectivity index is 2.12. The zero-order valence-corrected chi connectivity index (χ0v) is 9.09. The molecule has 1 aromatic heterocycles. The number of anilines is 2. The summed E-state index contributed by atoms with van der Waals surface area (Å²) in [6, 6.07) is 9.70. The molecule has 82 valence electrons. The van der Waals surface area contributed by atoms with Gasteiger partial charge >= 0.3 is 0 Å². The number of hydrogen-bond donors (Lipinski definition) is 2. The lowest BCUT2D eigenvalue weighted by atomic mass is 10.1. The van der Waals surface area contributed by atoms with Crippen molar-refractivity contribution in [3.63, 3.8) is 0 Å². The van der Waals surface area contributed by atoms with Crippen LogP contribution in [0.2, 0.25) is 0 Å². The van der Waals surface area contributed by atoms with Crippen molar-refractivity contribution in [3.8, 4) is 0 Å². The van der Waals surface area contributed by atoms with Crippen LogP contribution in [0.15, 0.2) is 42.7 Å². The van der Waals surface area contributed by atoms with Crippen LogP contribution in [0.5, 0.6) is 0 Å². The smallest absolute Gasteiger partial charge is 0.223 e. The van der Waals surface area contributed by atoms with Gasteiger partial charge in [0.1, 0.15) is 0 Å². The molecule has 0 saturated heterocycles. The van der Waals surface area contributed by atoms with Gasteiger partial charge in [-0.25, -0.2) is 9.97 Å². The number of hydrogen-bond acceptors (Lipinski definition) is 4. The van der Waals surface area contributed by atoms with E-state index in [9.17, 15) is 0 Å². The largest absolute Gasteiger partial charge is 0.399 e. The second-order valence-corrected chi connectivity index (χ2v) is 3.61. The van der Waals surface area contributed by atoms with Crippen LogP contribution < -0.4 is 11.1 Å². The van der Waals surface area contributed by atoms with Crippen LogP contribution in [-0.2, 0) is 0 Å². The standard InChI is InChI=1S/C12H14N4/c1-9(10-4-2-5-11(13)8-10)16-12-14-6-3-7-15-12/h2-9H,13H2,1H3,(H,14,15,16). The molecule has 4 nitrogen and oxygen atoms in total. The van der Waals surface area contributed by atoms with Gasteiger partial charge in [-0.15, -0.1) is 0 Å². The van der Waals surface area contributed by atoms with Gasteiger partial charge in [-0.05, 0) is 30.7 Å². The first-order chi connectivity index (χ1) is 7.75. The van der Waals surface area contributed by atoms with Crippen LogP contribution in [0.4, 0.5) is 11.6 Å². The monoisotopic (exact) mass is 214 g/mol. The Kier molecular flexibility index (Phi) is 3.00. The Morgan fingerprint density at radius 1 is 1.19 bits per heavy atom. The summed E-state index contributed by atoms with van der Waals surface area (Å²) in [7, 11) is 0. The SMILES string of the molecule is CC(Nc1ncccn1)c1cccc(N)c1. The fraction of sp³-hybridized carbons (Fsp3) is 0.167. The van der Waals surface area contributed by atoms with Crippen LogP contribution in [0.3, 0.4) is 0 Å². The minimum Gasteiger partial charge on any atom is -0.399 e. The highest BCUT2D eigenvalue weighted by atomic mass is 15.1. The van der Waals surface area contributed by atoms with Crippen molar-refractivity contribution in [1.29, 1.82) is 0 Å². The lowest BCUT2D eigenvalue weighted by Crippen LogP contribution is -2.09. The van der Waals surface area contributed by atoms with E-state index in [0.29, 0.717) is 5.95 Å². The molecule has 4 heteroatoms. The molecular formula is C12H14N4. The average Bonchev–Trinajstić information content (AvgIpc) is 2.30. The fourth-order valence-corrected chi connectivity index (χ4v) is 1.48. The summed E-state index contributed by atoms with van der Waals surface area (Å²) in [5.41, 5.74) is 7.61. The Labute approximate surface area is 94.5 Å². The van der Waals surface area contributed by atoms with Crippen LogP contribution in [0, 0.1) is 0 Å². The summed E-state index contributed by atoms with van der Waals surface area (Å²) in [6.45, 7) is 2.05. The predicted octanol–water partition coefficient (Wildman–Crippen LogP) is 2.23. The molecule has 16 heavy (non-hydrogen) atoms. The van der Waals surface area contributed by atoms with E-state index in [0.717, 1.165) is 11.3 Å². The number of nitrogen functional groups attached to an aromatic ring is 1. The van der Waals surface area contributed by atoms with Crippen molar-refractivity contribution in [2.75, 3.05) is 11.1 Å². The number of rotatable bonds is 3. The van der Waals surface area contributed by atoms with E-state index < -0.39 is 0 Å². The van der Waals surface area contributed by atoms with E-state index in [1.165, 1.54) is 0 Å². The van der Waals surface area contributed by atoms with Crippen molar-refractivity contribution < 1.29 is 0 Å². The van der Waals surface area contributed by atoms with E-state index in [2.05, 4.69) is 15.3 Å². The predicted molar refractivity (Wildman–Crippen MR) is 64.9 cm³/mol. The fourth-order valence-electron chi connectivity index (χ4n) is 1.48. The summed E-state index contributed by atoms with van der Waals surface area (Å²) < 4.78 is 0. The molecule has 1 aromatic carbocycles. The summed E-state index contributed by atoms with van der Waals surface area (Å²) >= 11 is 0. The molecule has 2 aromatic rings. The Morgan fingerprint density at radius 2 is 1.94 bits per heavy atom. The molecule has 0 aliphatic rings. The van der Waals surface area contributed by atoms with Crippen molar-refractivity contribution >= 4 is 11.6 Å². The number of nitrogens with two attached hydrogens (primary N) is 1. The first-order valence-corrected chi connectivity index (χ1v) is 5.15. The average molecular weight is 214 g/mol. The third-order valence-corrected chi connectivity index (χ3v) is 2.32. The van der Waals surface area contributed by atoms with Crippen LogP contribution in [0.1, 0.15) is 18.5 Å². The minimum absolute atomic E-state index is 0.130. The number of nitrogens with one attached hydrogen (secondary N) is 1. The topological polar surface area (TPSA) is 63.8 Å². The van der Waals surface area contributed by atoms with Crippen molar-refractivity contribution in [2.45, 2.75) is 13.0 Å². The van der Waals surface area contributed by atoms with Gasteiger partial charge in [-0.1, -0.05) is 12.1 Å². The first kappa shape index (κ1) is 10.4. The molecule has 3 N–H and O–H groups in total. The molecule has 0 spiro atoms. The number of nitrogens with zero attached hydrogens (tertiary/aromatic N) is 2. The molecule has 1 heterocycles. The molecule has 0 bridgehead atoms. The molecule has 0 aliphatic carbocycles. The summed E-state index contributed by atoms with van der Waals surface area (Å²) in [4.78, 5) is 8.23. The van der Waals surface area contributed by atoms with Gasteiger partial charge in [0, 0.05) is 18.1 Å². The van der Waals surface area contributed by atoms with Crippen molar-refractivity contribution in [2.24, 2.45) is 0 Å². The van der Waals surface area contributed by atoms with E-state index >= 15 is 0 Å². The lowest BCUT2D eigenvalue weighted by Gasteiger charge is -2.14. The molecule has 0 radical (unpaired) electrons. The van der Waals surface area contributed by atoms with Crippen LogP contribution in [-0.4, -0.2) is 9.97 Å². The molecular weight excluding hydrogens is 200 g/mol. The molecule has 0 aliphatic heterocycles. The molecule has 1 atom stereocenters.